The average Bonchev–Trinajstić information content (AvgIpc) is 3.53. The molecule has 10 heteroatoms. The second-order valence-corrected chi connectivity index (χ2v) is 13.0. The summed E-state index contributed by atoms with van der Waals surface area (Å²) in [6, 6.07) is 3.77. The number of amides is 2. The molecule has 5 atom stereocenters. The van der Waals surface area contributed by atoms with Crippen LogP contribution in [0.25, 0.3) is 0 Å². The summed E-state index contributed by atoms with van der Waals surface area (Å²) in [5.41, 5.74) is 1.94. The van der Waals surface area contributed by atoms with Gasteiger partial charge in [0.1, 0.15) is 35.8 Å². The number of nitrogens with one attached hydrogen (secondary N) is 1. The third-order valence-electron chi connectivity index (χ3n) is 8.50. The number of aryl methyl sites for hydroxylation is 1. The van der Waals surface area contributed by atoms with Gasteiger partial charge in [-0.2, -0.15) is 0 Å². The van der Waals surface area contributed by atoms with Crippen LogP contribution >= 0.6 is 0 Å². The zero-order chi connectivity index (χ0) is 31.3. The summed E-state index contributed by atoms with van der Waals surface area (Å²) in [6.45, 7) is 11.9. The molecule has 1 aromatic carbocycles. The Morgan fingerprint density at radius 1 is 1.19 bits per heavy atom. The maximum Gasteiger partial charge on any atom is 0.408 e. The molecule has 10 nitrogen and oxygen atoms in total. The minimum absolute atomic E-state index is 0.0553. The highest BCUT2D eigenvalue weighted by Crippen LogP contribution is 2.39. The molecule has 1 aromatic rings. The lowest BCUT2D eigenvalue weighted by Gasteiger charge is -2.34. The van der Waals surface area contributed by atoms with Crippen molar-refractivity contribution in [2.24, 2.45) is 16.3 Å². The second kappa shape index (κ2) is 13.8. The Morgan fingerprint density at radius 3 is 2.63 bits per heavy atom. The van der Waals surface area contributed by atoms with Crippen molar-refractivity contribution < 1.29 is 33.7 Å². The second-order valence-electron chi connectivity index (χ2n) is 13.0. The summed E-state index contributed by atoms with van der Waals surface area (Å²) in [6.07, 6.45) is 5.76. The number of carboxylic acid groups (broad SMARTS) is 1. The smallest absolute Gasteiger partial charge is 0.408 e. The molecule has 0 aromatic heterocycles. The number of fused-ring (bicyclic) bond motifs is 3. The first-order valence-electron chi connectivity index (χ1n) is 15.5. The summed E-state index contributed by atoms with van der Waals surface area (Å²) in [5.74, 6) is -0.123. The first-order valence-corrected chi connectivity index (χ1v) is 15.5. The number of carboxylic acids is 1. The van der Waals surface area contributed by atoms with Crippen molar-refractivity contribution in [3.8, 4) is 5.75 Å². The molecule has 2 saturated heterocycles. The fraction of sp³-hybridized carbons (Fsp3) is 0.636. The van der Waals surface area contributed by atoms with Gasteiger partial charge in [0, 0.05) is 6.42 Å². The first-order chi connectivity index (χ1) is 20.4. The van der Waals surface area contributed by atoms with Gasteiger partial charge in [-0.1, -0.05) is 53.5 Å². The highest BCUT2D eigenvalue weighted by atomic mass is 16.6. The number of alkyl carbamates (subject to hydrolysis) is 1. The lowest BCUT2D eigenvalue weighted by atomic mass is 9.85. The van der Waals surface area contributed by atoms with Gasteiger partial charge in [0.15, 0.2) is 0 Å². The third kappa shape index (κ3) is 8.30. The molecule has 0 radical (unpaired) electrons. The number of benzene rings is 1. The quantitative estimate of drug-likeness (QED) is 0.439. The number of carbonyl (C=O) groups is 3. The number of hydrogen-bond donors (Lipinski definition) is 2. The zero-order valence-corrected chi connectivity index (χ0v) is 26.2. The van der Waals surface area contributed by atoms with E-state index in [4.69, 9.17) is 19.2 Å². The lowest BCUT2D eigenvalue weighted by molar-refractivity contribution is -0.150. The highest BCUT2D eigenvalue weighted by Gasteiger charge is 2.47. The van der Waals surface area contributed by atoms with Crippen LogP contribution in [0.4, 0.5) is 10.5 Å². The SMILES string of the molecule is C=C1OC2CC(C(=O)O)N(C2)C(=O)C(C(C)(C)C)NC(=O)OC2CC2CCCCCC1=Nc1ccc(OC)cc1CCC. The minimum Gasteiger partial charge on any atom is -0.497 e. The molecule has 2 amide bonds. The van der Waals surface area contributed by atoms with E-state index in [0.717, 1.165) is 61.9 Å². The highest BCUT2D eigenvalue weighted by molar-refractivity contribution is 5.99. The van der Waals surface area contributed by atoms with Crippen LogP contribution < -0.4 is 10.1 Å². The van der Waals surface area contributed by atoms with E-state index in [-0.39, 0.29) is 19.1 Å². The van der Waals surface area contributed by atoms with E-state index in [0.29, 0.717) is 23.8 Å². The minimum atomic E-state index is -1.12. The Morgan fingerprint density at radius 2 is 1.95 bits per heavy atom. The maximum absolute atomic E-state index is 13.8. The molecule has 1 saturated carbocycles. The molecule has 2 bridgehead atoms. The number of hydrogen-bond acceptors (Lipinski definition) is 7. The van der Waals surface area contributed by atoms with Gasteiger partial charge in [0.2, 0.25) is 5.91 Å². The van der Waals surface area contributed by atoms with Crippen molar-refractivity contribution in [2.75, 3.05) is 13.7 Å². The number of methoxy groups -OCH3 is 1. The number of nitrogens with zero attached hydrogens (tertiary/aromatic N) is 2. The van der Waals surface area contributed by atoms with Gasteiger partial charge in [-0.05, 0) is 67.2 Å². The zero-order valence-electron chi connectivity index (χ0n) is 26.2. The van der Waals surface area contributed by atoms with Crippen LogP contribution in [0.3, 0.4) is 0 Å². The van der Waals surface area contributed by atoms with E-state index in [1.807, 2.05) is 39.0 Å². The van der Waals surface area contributed by atoms with Crippen LogP contribution in [-0.2, 0) is 25.5 Å². The molecule has 4 rings (SSSR count). The van der Waals surface area contributed by atoms with Crippen molar-refractivity contribution in [2.45, 2.75) is 110 Å². The van der Waals surface area contributed by atoms with Gasteiger partial charge in [-0.25, -0.2) is 14.6 Å². The van der Waals surface area contributed by atoms with E-state index in [1.54, 1.807) is 7.11 Å². The van der Waals surface area contributed by atoms with Gasteiger partial charge in [0.25, 0.3) is 0 Å². The molecule has 236 valence electrons. The number of aliphatic imine (C=N–C) groups is 1. The molecule has 5 unspecified atom stereocenters. The Balaban J connectivity index is 1.64. The molecule has 2 aliphatic heterocycles. The normalized spacial score (nSPS) is 28.2. The van der Waals surface area contributed by atoms with Gasteiger partial charge in [0.05, 0.1) is 25.1 Å². The number of aliphatic carboxylic acids is 1. The molecule has 2 heterocycles. The number of ether oxygens (including phenoxy) is 3. The molecule has 1 aliphatic carbocycles. The Bertz CT molecular complexity index is 1240. The molecular formula is C33H47N3O7. The summed E-state index contributed by atoms with van der Waals surface area (Å²) >= 11 is 0. The van der Waals surface area contributed by atoms with Crippen molar-refractivity contribution in [3.63, 3.8) is 0 Å². The number of allylic oxidation sites excluding steroid dienone is 1. The van der Waals surface area contributed by atoms with E-state index >= 15 is 0 Å². The van der Waals surface area contributed by atoms with Crippen LogP contribution in [0.15, 0.2) is 35.5 Å². The van der Waals surface area contributed by atoms with Gasteiger partial charge >= 0.3 is 12.1 Å². The third-order valence-corrected chi connectivity index (χ3v) is 8.50. The predicted molar refractivity (Wildman–Crippen MR) is 164 cm³/mol. The molecule has 0 spiro atoms. The van der Waals surface area contributed by atoms with E-state index < -0.39 is 41.6 Å². The summed E-state index contributed by atoms with van der Waals surface area (Å²) in [4.78, 5) is 45.2. The van der Waals surface area contributed by atoms with Crippen LogP contribution in [0.1, 0.15) is 84.6 Å². The van der Waals surface area contributed by atoms with Crippen molar-refractivity contribution in [1.82, 2.24) is 10.2 Å². The molecule has 3 aliphatic rings. The van der Waals surface area contributed by atoms with E-state index in [1.165, 1.54) is 4.90 Å². The fourth-order valence-corrected chi connectivity index (χ4v) is 5.95. The summed E-state index contributed by atoms with van der Waals surface area (Å²) in [5, 5.41) is 12.8. The van der Waals surface area contributed by atoms with Crippen LogP contribution in [0, 0.1) is 11.3 Å². The average molecular weight is 598 g/mol. The van der Waals surface area contributed by atoms with E-state index in [9.17, 15) is 19.5 Å². The molecular weight excluding hydrogens is 550 g/mol. The van der Waals surface area contributed by atoms with Crippen LogP contribution in [0.2, 0.25) is 0 Å². The molecule has 3 fully saturated rings. The fourth-order valence-electron chi connectivity index (χ4n) is 5.95. The monoisotopic (exact) mass is 597 g/mol. The topological polar surface area (TPSA) is 127 Å². The first kappa shape index (κ1) is 32.4. The Labute approximate surface area is 254 Å². The summed E-state index contributed by atoms with van der Waals surface area (Å²) < 4.78 is 17.4. The standard InChI is InChI=1S/C33H47N3O7/c1-7-11-21-16-23(41-6)14-15-26(21)34-25-13-10-8-9-12-22-17-28(22)43-32(40)35-29(33(3,4)5)30(37)36-19-24(42-20(25)2)18-27(36)31(38)39/h14-16,22,24,27-29H,2,7-13,17-19H2,1,3-6H3,(H,35,40)(H,38,39). The van der Waals surface area contributed by atoms with Gasteiger partial charge in [-0.15, -0.1) is 0 Å². The van der Waals surface area contributed by atoms with E-state index in [2.05, 4.69) is 18.8 Å². The molecule has 2 N–H and O–H groups in total. The lowest BCUT2D eigenvalue weighted by Crippen LogP contribution is -2.57. The predicted octanol–water partition coefficient (Wildman–Crippen LogP) is 5.80. The Hall–Kier alpha value is -3.56. The summed E-state index contributed by atoms with van der Waals surface area (Å²) in [7, 11) is 1.64. The van der Waals surface area contributed by atoms with Crippen LogP contribution in [-0.4, -0.2) is 71.6 Å². The van der Waals surface area contributed by atoms with Crippen molar-refractivity contribution in [1.29, 1.82) is 0 Å². The Kier molecular flexibility index (Phi) is 10.4. The number of carbonyl (C=O) groups excluding carboxylic acids is 2. The van der Waals surface area contributed by atoms with Crippen molar-refractivity contribution >= 4 is 29.4 Å². The number of rotatable bonds is 5. The van der Waals surface area contributed by atoms with Gasteiger partial charge < -0.3 is 29.5 Å². The van der Waals surface area contributed by atoms with Gasteiger partial charge in [-0.3, -0.25) is 4.79 Å². The maximum atomic E-state index is 13.8. The van der Waals surface area contributed by atoms with Crippen molar-refractivity contribution in [3.05, 3.63) is 36.1 Å². The largest absolute Gasteiger partial charge is 0.497 e. The molecule has 43 heavy (non-hydrogen) atoms. The van der Waals surface area contributed by atoms with Crippen LogP contribution in [0.5, 0.6) is 5.75 Å².